The molecule has 2 heterocycles. The normalized spacial score (nSPS) is 18.4. The molecule has 0 aliphatic carbocycles. The van der Waals surface area contributed by atoms with E-state index in [1.165, 1.54) is 0 Å². The van der Waals surface area contributed by atoms with Gasteiger partial charge < -0.3 is 24.8 Å². The van der Waals surface area contributed by atoms with Crippen molar-refractivity contribution in [1.82, 2.24) is 10.2 Å². The first-order valence-electron chi connectivity index (χ1n) is 11.0. The third-order valence-electron chi connectivity index (χ3n) is 5.82. The van der Waals surface area contributed by atoms with Crippen molar-refractivity contribution in [3.63, 3.8) is 0 Å². The molecule has 0 spiro atoms. The molecule has 0 saturated carbocycles. The maximum absolute atomic E-state index is 12.6. The van der Waals surface area contributed by atoms with Gasteiger partial charge >= 0.3 is 0 Å². The molecular formula is C24H31N3O4. The van der Waals surface area contributed by atoms with Crippen LogP contribution < -0.4 is 19.7 Å². The highest BCUT2D eigenvalue weighted by Gasteiger charge is 2.23. The molecule has 0 radical (unpaired) electrons. The summed E-state index contributed by atoms with van der Waals surface area (Å²) in [6.07, 6.45) is 1.06. The maximum Gasteiger partial charge on any atom is 0.234 e. The highest BCUT2D eigenvalue weighted by molar-refractivity contribution is 5.78. The van der Waals surface area contributed by atoms with Crippen molar-refractivity contribution in [3.05, 3.63) is 47.5 Å². The van der Waals surface area contributed by atoms with E-state index in [0.717, 1.165) is 60.9 Å². The van der Waals surface area contributed by atoms with Crippen LogP contribution in [0.15, 0.2) is 36.4 Å². The number of fused-ring (bicyclic) bond motifs is 1. The van der Waals surface area contributed by atoms with Crippen molar-refractivity contribution in [2.45, 2.75) is 32.9 Å². The molecule has 31 heavy (non-hydrogen) atoms. The van der Waals surface area contributed by atoms with E-state index < -0.39 is 0 Å². The molecule has 1 atom stereocenters. The molecule has 2 aliphatic heterocycles. The van der Waals surface area contributed by atoms with Crippen LogP contribution in [-0.2, 0) is 17.8 Å². The van der Waals surface area contributed by atoms with E-state index in [1.54, 1.807) is 6.07 Å². The Morgan fingerprint density at radius 2 is 2.00 bits per heavy atom. The SMILES string of the molecule is CCOc1cc2c(cc1CNC(=O)CN1CCN(c3ccccc3O)CC1)O[C@@H](C)C2. The molecule has 1 fully saturated rings. The fraction of sp³-hybridized carbons (Fsp3) is 0.458. The van der Waals surface area contributed by atoms with Gasteiger partial charge in [0.15, 0.2) is 0 Å². The van der Waals surface area contributed by atoms with Crippen molar-refractivity contribution < 1.29 is 19.4 Å². The van der Waals surface area contributed by atoms with Gasteiger partial charge in [0, 0.05) is 50.3 Å². The molecule has 2 aromatic carbocycles. The van der Waals surface area contributed by atoms with Crippen molar-refractivity contribution in [2.24, 2.45) is 0 Å². The van der Waals surface area contributed by atoms with E-state index in [4.69, 9.17) is 9.47 Å². The largest absolute Gasteiger partial charge is 0.506 e. The molecule has 1 amide bonds. The summed E-state index contributed by atoms with van der Waals surface area (Å²) in [7, 11) is 0. The number of hydrogen-bond donors (Lipinski definition) is 2. The lowest BCUT2D eigenvalue weighted by Gasteiger charge is -2.35. The van der Waals surface area contributed by atoms with Crippen molar-refractivity contribution in [2.75, 3.05) is 44.2 Å². The van der Waals surface area contributed by atoms with E-state index in [-0.39, 0.29) is 12.0 Å². The summed E-state index contributed by atoms with van der Waals surface area (Å²) in [5.41, 5.74) is 2.95. The summed E-state index contributed by atoms with van der Waals surface area (Å²) >= 11 is 0. The van der Waals surface area contributed by atoms with Crippen LogP contribution in [0.1, 0.15) is 25.0 Å². The van der Waals surface area contributed by atoms with Gasteiger partial charge in [0.1, 0.15) is 23.4 Å². The predicted molar refractivity (Wildman–Crippen MR) is 120 cm³/mol. The van der Waals surface area contributed by atoms with Crippen molar-refractivity contribution >= 4 is 11.6 Å². The molecule has 0 bridgehead atoms. The third kappa shape index (κ3) is 5.05. The number of piperazine rings is 1. The zero-order valence-electron chi connectivity index (χ0n) is 18.3. The lowest BCUT2D eigenvalue weighted by Crippen LogP contribution is -2.49. The van der Waals surface area contributed by atoms with Crippen LogP contribution in [-0.4, -0.2) is 61.3 Å². The Labute approximate surface area is 183 Å². The standard InChI is InChI=1S/C24H31N3O4/c1-3-30-22-13-18-12-17(2)31-23(18)14-19(22)15-25-24(29)16-26-8-10-27(11-9-26)20-6-4-5-7-21(20)28/h4-7,13-14,17,28H,3,8-12,15-16H2,1-2H3,(H,25,29)/t17-/m0/s1. The quantitative estimate of drug-likeness (QED) is 0.710. The number of carbonyl (C=O) groups excluding carboxylic acids is 1. The number of benzene rings is 2. The van der Waals surface area contributed by atoms with Gasteiger partial charge in [-0.2, -0.15) is 0 Å². The summed E-state index contributed by atoms with van der Waals surface area (Å²) in [5, 5.41) is 13.1. The summed E-state index contributed by atoms with van der Waals surface area (Å²) in [5.74, 6) is 2.00. The number of nitrogens with zero attached hydrogens (tertiary/aromatic N) is 2. The molecule has 1 saturated heterocycles. The maximum atomic E-state index is 12.6. The lowest BCUT2D eigenvalue weighted by molar-refractivity contribution is -0.122. The summed E-state index contributed by atoms with van der Waals surface area (Å²) in [6.45, 7) is 8.47. The second-order valence-corrected chi connectivity index (χ2v) is 8.16. The minimum absolute atomic E-state index is 0.00626. The number of aromatic hydroxyl groups is 1. The van der Waals surface area contributed by atoms with Crippen molar-refractivity contribution in [3.8, 4) is 17.2 Å². The molecule has 166 valence electrons. The van der Waals surface area contributed by atoms with Crippen LogP contribution in [0.3, 0.4) is 0 Å². The number of rotatable bonds is 7. The Kier molecular flexibility index (Phi) is 6.51. The minimum atomic E-state index is -0.00626. The molecule has 0 aromatic heterocycles. The van der Waals surface area contributed by atoms with Gasteiger partial charge in [0.05, 0.1) is 18.8 Å². The molecule has 2 N–H and O–H groups in total. The zero-order valence-corrected chi connectivity index (χ0v) is 18.3. The smallest absolute Gasteiger partial charge is 0.234 e. The summed E-state index contributed by atoms with van der Waals surface area (Å²) in [6, 6.07) is 11.4. The first-order valence-corrected chi connectivity index (χ1v) is 11.0. The minimum Gasteiger partial charge on any atom is -0.506 e. The first kappa shape index (κ1) is 21.3. The Morgan fingerprint density at radius 3 is 2.74 bits per heavy atom. The van der Waals surface area contributed by atoms with E-state index in [2.05, 4.69) is 22.0 Å². The van der Waals surface area contributed by atoms with Crippen LogP contribution in [0.4, 0.5) is 5.69 Å². The van der Waals surface area contributed by atoms with Crippen LogP contribution >= 0.6 is 0 Å². The molecule has 2 aliphatic rings. The first-order chi connectivity index (χ1) is 15.0. The van der Waals surface area contributed by atoms with E-state index >= 15 is 0 Å². The van der Waals surface area contributed by atoms with Crippen LogP contribution in [0.25, 0.3) is 0 Å². The number of phenolic OH excluding ortho intramolecular Hbond substituents is 1. The van der Waals surface area contributed by atoms with Crippen LogP contribution in [0.5, 0.6) is 17.2 Å². The van der Waals surface area contributed by atoms with E-state index in [9.17, 15) is 9.90 Å². The molecule has 7 heteroatoms. The van der Waals surface area contributed by atoms with Gasteiger partial charge in [-0.3, -0.25) is 9.69 Å². The zero-order chi connectivity index (χ0) is 21.8. The number of phenols is 1. The van der Waals surface area contributed by atoms with Gasteiger partial charge in [0.25, 0.3) is 0 Å². The second-order valence-electron chi connectivity index (χ2n) is 8.16. The Balaban J connectivity index is 1.29. The van der Waals surface area contributed by atoms with E-state index in [1.807, 2.05) is 37.3 Å². The van der Waals surface area contributed by atoms with Crippen LogP contribution in [0, 0.1) is 0 Å². The molecular weight excluding hydrogens is 394 g/mol. The van der Waals surface area contributed by atoms with Gasteiger partial charge in [-0.15, -0.1) is 0 Å². The average Bonchev–Trinajstić information content (AvgIpc) is 3.12. The lowest BCUT2D eigenvalue weighted by atomic mass is 10.1. The Hall–Kier alpha value is -2.93. The van der Waals surface area contributed by atoms with Gasteiger partial charge in [-0.1, -0.05) is 12.1 Å². The van der Waals surface area contributed by atoms with E-state index in [0.29, 0.717) is 25.4 Å². The summed E-state index contributed by atoms with van der Waals surface area (Å²) < 4.78 is 11.7. The molecule has 0 unspecified atom stereocenters. The number of ether oxygens (including phenoxy) is 2. The number of anilines is 1. The number of carbonyl (C=O) groups is 1. The van der Waals surface area contributed by atoms with Crippen LogP contribution in [0.2, 0.25) is 0 Å². The highest BCUT2D eigenvalue weighted by atomic mass is 16.5. The fourth-order valence-corrected chi connectivity index (χ4v) is 4.24. The summed E-state index contributed by atoms with van der Waals surface area (Å²) in [4.78, 5) is 16.9. The van der Waals surface area contributed by atoms with Gasteiger partial charge in [0.2, 0.25) is 5.91 Å². The highest BCUT2D eigenvalue weighted by Crippen LogP contribution is 2.35. The molecule has 2 aromatic rings. The second kappa shape index (κ2) is 9.47. The number of amides is 1. The van der Waals surface area contributed by atoms with Gasteiger partial charge in [-0.05, 0) is 38.1 Å². The average molecular weight is 426 g/mol. The fourth-order valence-electron chi connectivity index (χ4n) is 4.24. The number of para-hydroxylation sites is 2. The molecule has 7 nitrogen and oxygen atoms in total. The Morgan fingerprint density at radius 1 is 1.23 bits per heavy atom. The predicted octanol–water partition coefficient (Wildman–Crippen LogP) is 2.55. The van der Waals surface area contributed by atoms with Gasteiger partial charge in [-0.25, -0.2) is 0 Å². The number of nitrogens with one attached hydrogen (secondary N) is 1. The monoisotopic (exact) mass is 425 g/mol. The van der Waals surface area contributed by atoms with Crippen molar-refractivity contribution in [1.29, 1.82) is 0 Å². The topological polar surface area (TPSA) is 74.3 Å². The number of hydrogen-bond acceptors (Lipinski definition) is 6. The Bertz CT molecular complexity index is 925. The molecule has 4 rings (SSSR count). The third-order valence-corrected chi connectivity index (χ3v) is 5.82.